The minimum absolute atomic E-state index is 0.0953. The number of para-hydroxylation sites is 2. The Morgan fingerprint density at radius 3 is 1.33 bits per heavy atom. The first kappa shape index (κ1) is 15.9. The maximum atomic E-state index is 13.8. The minimum atomic E-state index is -2.58. The summed E-state index contributed by atoms with van der Waals surface area (Å²) in [7, 11) is -2.58. The van der Waals surface area contributed by atoms with Gasteiger partial charge in [0.05, 0.1) is 0 Å². The molecular formula is C18H24NOP. The lowest BCUT2D eigenvalue weighted by molar-refractivity contribution is 0.561. The summed E-state index contributed by atoms with van der Waals surface area (Å²) < 4.78 is 15.9. The summed E-state index contributed by atoms with van der Waals surface area (Å²) in [4.78, 5) is 0. The van der Waals surface area contributed by atoms with Crippen LogP contribution in [0.25, 0.3) is 0 Å². The molecule has 2 aromatic carbocycles. The monoisotopic (exact) mass is 301 g/mol. The Hall–Kier alpha value is -1.53. The molecule has 0 N–H and O–H groups in total. The van der Waals surface area contributed by atoms with Crippen molar-refractivity contribution in [3.8, 4) is 0 Å². The van der Waals surface area contributed by atoms with Crippen molar-refractivity contribution in [2.45, 2.75) is 39.0 Å². The SMILES string of the molecule is CC(C)P(=O)(C(C)C)N(c1ccccc1)c1ccccc1. The van der Waals surface area contributed by atoms with Gasteiger partial charge >= 0.3 is 0 Å². The van der Waals surface area contributed by atoms with Crippen molar-refractivity contribution >= 4 is 18.7 Å². The van der Waals surface area contributed by atoms with Crippen molar-refractivity contribution in [3.63, 3.8) is 0 Å². The quantitative estimate of drug-likeness (QED) is 0.639. The summed E-state index contributed by atoms with van der Waals surface area (Å²) in [6, 6.07) is 20.1. The summed E-state index contributed by atoms with van der Waals surface area (Å²) in [6.45, 7) is 8.22. The molecule has 112 valence electrons. The summed E-state index contributed by atoms with van der Waals surface area (Å²) in [5.41, 5.74) is 2.18. The summed E-state index contributed by atoms with van der Waals surface area (Å²) >= 11 is 0. The van der Waals surface area contributed by atoms with Crippen molar-refractivity contribution in [2.75, 3.05) is 4.67 Å². The Kier molecular flexibility index (Phi) is 4.90. The van der Waals surface area contributed by atoms with E-state index in [2.05, 4.69) is 32.4 Å². The van der Waals surface area contributed by atoms with E-state index in [4.69, 9.17) is 0 Å². The minimum Gasteiger partial charge on any atom is -0.299 e. The van der Waals surface area contributed by atoms with Gasteiger partial charge in [-0.25, -0.2) is 0 Å². The molecule has 21 heavy (non-hydrogen) atoms. The molecule has 0 spiro atoms. The number of hydrogen-bond acceptors (Lipinski definition) is 1. The van der Waals surface area contributed by atoms with Crippen LogP contribution < -0.4 is 4.67 Å². The summed E-state index contributed by atoms with van der Waals surface area (Å²) in [6.07, 6.45) is 0. The number of anilines is 2. The Labute approximate surface area is 128 Å². The highest BCUT2D eigenvalue weighted by Crippen LogP contribution is 2.62. The zero-order valence-corrected chi connectivity index (χ0v) is 14.1. The Morgan fingerprint density at radius 1 is 0.714 bits per heavy atom. The lowest BCUT2D eigenvalue weighted by Crippen LogP contribution is -2.24. The third-order valence-electron chi connectivity index (χ3n) is 3.79. The lowest BCUT2D eigenvalue weighted by atomic mass is 10.3. The van der Waals surface area contributed by atoms with Crippen LogP contribution in [0.15, 0.2) is 60.7 Å². The lowest BCUT2D eigenvalue weighted by Gasteiger charge is -2.39. The Morgan fingerprint density at radius 2 is 1.05 bits per heavy atom. The molecule has 0 aliphatic rings. The number of nitrogens with zero attached hydrogens (tertiary/aromatic N) is 1. The highest BCUT2D eigenvalue weighted by Gasteiger charge is 2.38. The number of rotatable bonds is 5. The van der Waals surface area contributed by atoms with Crippen molar-refractivity contribution < 1.29 is 4.57 Å². The zero-order valence-electron chi connectivity index (χ0n) is 13.2. The second-order valence-electron chi connectivity index (χ2n) is 5.84. The van der Waals surface area contributed by atoms with Crippen LogP contribution in [0.5, 0.6) is 0 Å². The topological polar surface area (TPSA) is 20.3 Å². The average molecular weight is 301 g/mol. The van der Waals surface area contributed by atoms with Gasteiger partial charge < -0.3 is 0 Å². The van der Waals surface area contributed by atoms with E-state index in [1.807, 2.05) is 60.7 Å². The molecule has 0 saturated heterocycles. The van der Waals surface area contributed by atoms with Crippen LogP contribution in [0.4, 0.5) is 11.4 Å². The third kappa shape index (κ3) is 3.06. The molecule has 2 nitrogen and oxygen atoms in total. The van der Waals surface area contributed by atoms with Gasteiger partial charge in [-0.2, -0.15) is 0 Å². The molecule has 0 atom stereocenters. The molecule has 0 radical (unpaired) electrons. The molecule has 0 aromatic heterocycles. The smallest absolute Gasteiger partial charge is 0.181 e. The zero-order chi connectivity index (χ0) is 15.5. The van der Waals surface area contributed by atoms with E-state index in [9.17, 15) is 4.57 Å². The fraction of sp³-hybridized carbons (Fsp3) is 0.333. The van der Waals surface area contributed by atoms with E-state index in [1.54, 1.807) is 0 Å². The van der Waals surface area contributed by atoms with Gasteiger partial charge in [-0.3, -0.25) is 9.24 Å². The average Bonchev–Trinajstić information content (AvgIpc) is 2.49. The Balaban J connectivity index is 2.65. The molecule has 0 aliphatic heterocycles. The fourth-order valence-electron chi connectivity index (χ4n) is 2.71. The molecule has 0 amide bonds. The molecule has 2 rings (SSSR count). The van der Waals surface area contributed by atoms with Crippen LogP contribution in [0.2, 0.25) is 0 Å². The molecule has 3 heteroatoms. The molecule has 0 aliphatic carbocycles. The molecular weight excluding hydrogens is 277 g/mol. The summed E-state index contributed by atoms with van der Waals surface area (Å²) in [5, 5.41) is 0. The second kappa shape index (κ2) is 6.49. The number of hydrogen-bond donors (Lipinski definition) is 0. The normalized spacial score (nSPS) is 11.9. The van der Waals surface area contributed by atoms with Gasteiger partial charge in [0, 0.05) is 22.7 Å². The first-order chi connectivity index (χ1) is 9.98. The first-order valence-corrected chi connectivity index (χ1v) is 9.27. The molecule has 0 bridgehead atoms. The van der Waals surface area contributed by atoms with Gasteiger partial charge in [-0.05, 0) is 24.3 Å². The van der Waals surface area contributed by atoms with E-state index in [1.165, 1.54) is 0 Å². The van der Waals surface area contributed by atoms with Crippen LogP contribution in [0.3, 0.4) is 0 Å². The standard InChI is InChI=1S/C18H24NOP/c1-15(2)21(20,16(3)4)19(17-11-7-5-8-12-17)18-13-9-6-10-14-18/h5-16H,1-4H3. The largest absolute Gasteiger partial charge is 0.299 e. The van der Waals surface area contributed by atoms with Crippen LogP contribution >= 0.6 is 7.29 Å². The van der Waals surface area contributed by atoms with Crippen LogP contribution in [0.1, 0.15) is 27.7 Å². The van der Waals surface area contributed by atoms with Crippen LogP contribution in [0, 0.1) is 0 Å². The van der Waals surface area contributed by atoms with Crippen LogP contribution in [-0.2, 0) is 4.57 Å². The maximum absolute atomic E-state index is 13.8. The highest BCUT2D eigenvalue weighted by molar-refractivity contribution is 7.67. The van der Waals surface area contributed by atoms with Crippen molar-refractivity contribution in [1.82, 2.24) is 0 Å². The number of benzene rings is 2. The predicted molar refractivity (Wildman–Crippen MR) is 92.9 cm³/mol. The molecule has 2 aromatic rings. The van der Waals surface area contributed by atoms with E-state index in [-0.39, 0.29) is 11.3 Å². The highest BCUT2D eigenvalue weighted by atomic mass is 31.2. The summed E-state index contributed by atoms with van der Waals surface area (Å²) in [5.74, 6) is 0. The van der Waals surface area contributed by atoms with Crippen LogP contribution in [-0.4, -0.2) is 11.3 Å². The van der Waals surface area contributed by atoms with Crippen molar-refractivity contribution in [1.29, 1.82) is 0 Å². The van der Waals surface area contributed by atoms with Gasteiger partial charge in [0.15, 0.2) is 7.29 Å². The third-order valence-corrected chi connectivity index (χ3v) is 7.84. The van der Waals surface area contributed by atoms with E-state index < -0.39 is 7.29 Å². The van der Waals surface area contributed by atoms with Gasteiger partial charge in [0.1, 0.15) is 0 Å². The molecule has 0 unspecified atom stereocenters. The maximum Gasteiger partial charge on any atom is 0.181 e. The van der Waals surface area contributed by atoms with Gasteiger partial charge in [-0.15, -0.1) is 0 Å². The van der Waals surface area contributed by atoms with E-state index in [0.717, 1.165) is 11.4 Å². The Bertz CT molecular complexity index is 556. The van der Waals surface area contributed by atoms with Crippen molar-refractivity contribution in [2.24, 2.45) is 0 Å². The van der Waals surface area contributed by atoms with Gasteiger partial charge in [0.25, 0.3) is 0 Å². The van der Waals surface area contributed by atoms with Gasteiger partial charge in [0.2, 0.25) is 0 Å². The fourth-order valence-corrected chi connectivity index (χ4v) is 5.81. The van der Waals surface area contributed by atoms with Crippen molar-refractivity contribution in [3.05, 3.63) is 60.7 Å². The first-order valence-electron chi connectivity index (χ1n) is 7.48. The van der Waals surface area contributed by atoms with Gasteiger partial charge in [-0.1, -0.05) is 64.1 Å². The molecule has 0 saturated carbocycles. The molecule has 0 fully saturated rings. The van der Waals surface area contributed by atoms with E-state index >= 15 is 0 Å². The van der Waals surface area contributed by atoms with E-state index in [0.29, 0.717) is 0 Å². The second-order valence-corrected chi connectivity index (χ2v) is 9.65. The predicted octanol–water partition coefficient (Wildman–Crippen LogP) is 5.92. The molecule has 0 heterocycles.